The van der Waals surface area contributed by atoms with Crippen LogP contribution >= 0.6 is 11.6 Å². The molecule has 116 valence electrons. The van der Waals surface area contributed by atoms with Crippen LogP contribution in [0.4, 0.5) is 5.69 Å². The van der Waals surface area contributed by atoms with Gasteiger partial charge in [0.1, 0.15) is 0 Å². The second kappa shape index (κ2) is 6.55. The number of benzene rings is 1. The van der Waals surface area contributed by atoms with E-state index in [0.717, 1.165) is 24.5 Å². The average molecular weight is 308 g/mol. The fourth-order valence-corrected chi connectivity index (χ4v) is 4.09. The molecule has 4 heteroatoms. The third kappa shape index (κ3) is 3.36. The zero-order chi connectivity index (χ0) is 14.8. The number of likely N-dealkylation sites (tertiary alicyclic amines) is 1. The maximum absolute atomic E-state index is 6.50. The van der Waals surface area contributed by atoms with Crippen molar-refractivity contribution in [1.29, 1.82) is 0 Å². The standard InChI is InChI=1S/C17H26ClN3/c1-13(19)11-14-5-4-6-16(18)17(14)21-10-7-15(12-21)20-8-2-3-9-20/h4-6,13,15H,2-3,7-12,19H2,1H3. The van der Waals surface area contributed by atoms with E-state index in [9.17, 15) is 0 Å². The molecule has 2 aliphatic rings. The molecule has 2 atom stereocenters. The minimum Gasteiger partial charge on any atom is -0.368 e. The molecule has 0 saturated carbocycles. The number of rotatable bonds is 4. The van der Waals surface area contributed by atoms with Crippen molar-refractivity contribution in [3.05, 3.63) is 28.8 Å². The fraction of sp³-hybridized carbons (Fsp3) is 0.647. The van der Waals surface area contributed by atoms with E-state index in [1.165, 1.54) is 43.6 Å². The Hall–Kier alpha value is -0.770. The highest BCUT2D eigenvalue weighted by Gasteiger charge is 2.31. The molecule has 0 amide bonds. The molecule has 1 aromatic rings. The number of nitrogens with zero attached hydrogens (tertiary/aromatic N) is 2. The van der Waals surface area contributed by atoms with E-state index in [4.69, 9.17) is 17.3 Å². The zero-order valence-electron chi connectivity index (χ0n) is 12.9. The van der Waals surface area contributed by atoms with Crippen LogP contribution in [0.5, 0.6) is 0 Å². The fourth-order valence-electron chi connectivity index (χ4n) is 3.78. The molecule has 2 aliphatic heterocycles. The quantitative estimate of drug-likeness (QED) is 0.928. The van der Waals surface area contributed by atoms with Crippen LogP contribution in [0.15, 0.2) is 18.2 Å². The van der Waals surface area contributed by atoms with Gasteiger partial charge in [-0.3, -0.25) is 4.90 Å². The van der Waals surface area contributed by atoms with Crippen molar-refractivity contribution in [3.8, 4) is 0 Å². The lowest BCUT2D eigenvalue weighted by Crippen LogP contribution is -2.35. The topological polar surface area (TPSA) is 32.5 Å². The van der Waals surface area contributed by atoms with Gasteiger partial charge in [0.25, 0.3) is 0 Å². The van der Waals surface area contributed by atoms with Gasteiger partial charge in [-0.25, -0.2) is 0 Å². The highest BCUT2D eigenvalue weighted by Crippen LogP contribution is 2.34. The Bertz CT molecular complexity index is 483. The van der Waals surface area contributed by atoms with Crippen molar-refractivity contribution < 1.29 is 0 Å². The molecule has 2 N–H and O–H groups in total. The molecule has 2 fully saturated rings. The summed E-state index contributed by atoms with van der Waals surface area (Å²) < 4.78 is 0. The van der Waals surface area contributed by atoms with Crippen molar-refractivity contribution in [1.82, 2.24) is 4.90 Å². The highest BCUT2D eigenvalue weighted by atomic mass is 35.5. The van der Waals surface area contributed by atoms with Crippen LogP contribution in [0.25, 0.3) is 0 Å². The minimum absolute atomic E-state index is 0.166. The van der Waals surface area contributed by atoms with Crippen LogP contribution in [0, 0.1) is 0 Å². The second-order valence-corrected chi connectivity index (χ2v) is 6.97. The molecule has 0 aromatic heterocycles. The van der Waals surface area contributed by atoms with E-state index in [1.54, 1.807) is 0 Å². The number of anilines is 1. The summed E-state index contributed by atoms with van der Waals surface area (Å²) in [7, 11) is 0. The summed E-state index contributed by atoms with van der Waals surface area (Å²) in [5.74, 6) is 0. The monoisotopic (exact) mass is 307 g/mol. The van der Waals surface area contributed by atoms with Gasteiger partial charge < -0.3 is 10.6 Å². The summed E-state index contributed by atoms with van der Waals surface area (Å²) in [6.07, 6.45) is 4.86. The van der Waals surface area contributed by atoms with Crippen LogP contribution in [0.3, 0.4) is 0 Å². The number of para-hydroxylation sites is 1. The smallest absolute Gasteiger partial charge is 0.0642 e. The first-order chi connectivity index (χ1) is 10.1. The van der Waals surface area contributed by atoms with Crippen molar-refractivity contribution in [2.75, 3.05) is 31.1 Å². The van der Waals surface area contributed by atoms with Crippen molar-refractivity contribution >= 4 is 17.3 Å². The number of nitrogens with two attached hydrogens (primary N) is 1. The Balaban J connectivity index is 1.77. The molecule has 0 radical (unpaired) electrons. The first kappa shape index (κ1) is 15.1. The molecule has 3 rings (SSSR count). The molecule has 0 spiro atoms. The van der Waals surface area contributed by atoms with Crippen LogP contribution in [-0.4, -0.2) is 43.2 Å². The second-order valence-electron chi connectivity index (χ2n) is 6.56. The number of hydrogen-bond acceptors (Lipinski definition) is 3. The average Bonchev–Trinajstić information content (AvgIpc) is 3.08. The third-order valence-electron chi connectivity index (χ3n) is 4.75. The van der Waals surface area contributed by atoms with E-state index in [2.05, 4.69) is 22.8 Å². The Morgan fingerprint density at radius 2 is 2.05 bits per heavy atom. The first-order valence-corrected chi connectivity index (χ1v) is 8.55. The third-order valence-corrected chi connectivity index (χ3v) is 5.05. The Morgan fingerprint density at radius 3 is 2.76 bits per heavy atom. The normalized spacial score (nSPS) is 24.7. The van der Waals surface area contributed by atoms with E-state index in [1.807, 2.05) is 12.1 Å². The number of hydrogen-bond donors (Lipinski definition) is 1. The summed E-state index contributed by atoms with van der Waals surface area (Å²) >= 11 is 6.50. The van der Waals surface area contributed by atoms with Gasteiger partial charge in [-0.15, -0.1) is 0 Å². The van der Waals surface area contributed by atoms with Crippen molar-refractivity contribution in [2.45, 2.75) is 44.7 Å². The highest BCUT2D eigenvalue weighted by molar-refractivity contribution is 6.33. The lowest BCUT2D eigenvalue weighted by atomic mass is 10.0. The Kier molecular flexibility index (Phi) is 4.72. The zero-order valence-corrected chi connectivity index (χ0v) is 13.6. The summed E-state index contributed by atoms with van der Waals surface area (Å²) in [5.41, 5.74) is 8.51. The largest absolute Gasteiger partial charge is 0.368 e. The molecule has 2 saturated heterocycles. The van der Waals surface area contributed by atoms with Gasteiger partial charge in [0.2, 0.25) is 0 Å². The van der Waals surface area contributed by atoms with Gasteiger partial charge in [-0.1, -0.05) is 23.7 Å². The Labute approximate surface area is 133 Å². The maximum Gasteiger partial charge on any atom is 0.0642 e. The predicted octanol–water partition coefficient (Wildman–Crippen LogP) is 2.90. The maximum atomic E-state index is 6.50. The molecule has 0 aliphatic carbocycles. The molecule has 0 bridgehead atoms. The van der Waals surface area contributed by atoms with Crippen molar-refractivity contribution in [2.24, 2.45) is 5.73 Å². The Morgan fingerprint density at radius 1 is 1.29 bits per heavy atom. The lowest BCUT2D eigenvalue weighted by molar-refractivity contribution is 0.260. The molecule has 3 nitrogen and oxygen atoms in total. The molecular formula is C17H26ClN3. The van der Waals surface area contributed by atoms with Gasteiger partial charge in [-0.2, -0.15) is 0 Å². The summed E-state index contributed by atoms with van der Waals surface area (Å²) in [4.78, 5) is 5.13. The minimum atomic E-state index is 0.166. The predicted molar refractivity (Wildman–Crippen MR) is 90.2 cm³/mol. The van der Waals surface area contributed by atoms with Crippen LogP contribution < -0.4 is 10.6 Å². The first-order valence-electron chi connectivity index (χ1n) is 8.17. The van der Waals surface area contributed by atoms with Crippen molar-refractivity contribution in [3.63, 3.8) is 0 Å². The molecular weight excluding hydrogens is 282 g/mol. The molecule has 2 unspecified atom stereocenters. The van der Waals surface area contributed by atoms with E-state index in [-0.39, 0.29) is 6.04 Å². The molecule has 21 heavy (non-hydrogen) atoms. The summed E-state index contributed by atoms with van der Waals surface area (Å²) in [6.45, 7) is 6.82. The summed E-state index contributed by atoms with van der Waals surface area (Å²) in [6, 6.07) is 7.09. The van der Waals surface area contributed by atoms with E-state index >= 15 is 0 Å². The summed E-state index contributed by atoms with van der Waals surface area (Å²) in [5, 5.41) is 0.871. The molecule has 2 heterocycles. The van der Waals surface area contributed by atoms with E-state index in [0.29, 0.717) is 6.04 Å². The SMILES string of the molecule is CC(N)Cc1cccc(Cl)c1N1CCC(N2CCCC2)C1. The van der Waals surface area contributed by atoms with Crippen LogP contribution in [0.2, 0.25) is 5.02 Å². The van der Waals surface area contributed by atoms with Gasteiger partial charge in [0.05, 0.1) is 10.7 Å². The number of halogens is 1. The lowest BCUT2D eigenvalue weighted by Gasteiger charge is -2.27. The van der Waals surface area contributed by atoms with Gasteiger partial charge in [-0.05, 0) is 57.3 Å². The van der Waals surface area contributed by atoms with Gasteiger partial charge in [0.15, 0.2) is 0 Å². The van der Waals surface area contributed by atoms with Crippen LogP contribution in [-0.2, 0) is 6.42 Å². The van der Waals surface area contributed by atoms with Crippen LogP contribution in [0.1, 0.15) is 31.7 Å². The van der Waals surface area contributed by atoms with E-state index < -0.39 is 0 Å². The van der Waals surface area contributed by atoms with Gasteiger partial charge >= 0.3 is 0 Å². The molecule has 1 aromatic carbocycles. The van der Waals surface area contributed by atoms with Gasteiger partial charge in [0, 0.05) is 25.2 Å².